The number of benzene rings is 1. The number of piperazine rings is 1. The Bertz CT molecular complexity index is 399. The third-order valence-corrected chi connectivity index (χ3v) is 3.26. The van der Waals surface area contributed by atoms with Gasteiger partial charge in [0.2, 0.25) is 6.43 Å². The molecule has 1 aliphatic heterocycles. The van der Waals surface area contributed by atoms with Gasteiger partial charge < -0.3 is 5.32 Å². The fourth-order valence-electron chi connectivity index (χ4n) is 2.43. The minimum Gasteiger partial charge on any atom is -0.314 e. The maximum Gasteiger partial charge on any atom is 0.240 e. The van der Waals surface area contributed by atoms with Crippen LogP contribution in [0.15, 0.2) is 18.2 Å². The molecule has 0 amide bonds. The second-order valence-corrected chi connectivity index (χ2v) is 4.63. The van der Waals surface area contributed by atoms with Crippen LogP contribution in [-0.4, -0.2) is 37.5 Å². The zero-order valence-corrected chi connectivity index (χ0v) is 10.4. The Morgan fingerprint density at radius 2 is 1.63 bits per heavy atom. The number of nitrogens with zero attached hydrogens (tertiary/aromatic N) is 1. The molecule has 0 saturated carbocycles. The summed E-state index contributed by atoms with van der Waals surface area (Å²) in [4.78, 5) is 1.84. The zero-order valence-electron chi connectivity index (χ0n) is 10.4. The van der Waals surface area contributed by atoms with Crippen LogP contribution in [0.1, 0.15) is 18.0 Å². The highest BCUT2D eigenvalue weighted by molar-refractivity contribution is 5.22. The van der Waals surface area contributed by atoms with Crippen molar-refractivity contribution in [3.63, 3.8) is 0 Å². The second kappa shape index (κ2) is 6.34. The fraction of sp³-hybridized carbons (Fsp3) is 0.538. The van der Waals surface area contributed by atoms with Gasteiger partial charge in [-0.2, -0.15) is 0 Å². The highest BCUT2D eigenvalue weighted by Gasteiger charge is 2.26. The molecular formula is C13H16F4N2. The summed E-state index contributed by atoms with van der Waals surface area (Å²) in [6, 6.07) is 2.38. The Hall–Kier alpha value is -1.14. The van der Waals surface area contributed by atoms with Crippen molar-refractivity contribution in [2.45, 2.75) is 18.9 Å². The lowest BCUT2D eigenvalue weighted by molar-refractivity contribution is 0.0736. The first-order valence-corrected chi connectivity index (χ1v) is 6.25. The molecule has 2 rings (SSSR count). The molecule has 19 heavy (non-hydrogen) atoms. The lowest BCUT2D eigenvalue weighted by Crippen LogP contribution is -2.45. The van der Waals surface area contributed by atoms with Gasteiger partial charge in [-0.05, 0) is 17.7 Å². The van der Waals surface area contributed by atoms with Crippen LogP contribution in [0.25, 0.3) is 0 Å². The summed E-state index contributed by atoms with van der Waals surface area (Å²) in [5.41, 5.74) is 0.278. The number of alkyl halides is 2. The molecule has 0 aromatic heterocycles. The molecule has 1 N–H and O–H groups in total. The van der Waals surface area contributed by atoms with Crippen LogP contribution in [0.3, 0.4) is 0 Å². The molecule has 1 aromatic rings. The van der Waals surface area contributed by atoms with Crippen LogP contribution >= 0.6 is 0 Å². The third-order valence-electron chi connectivity index (χ3n) is 3.26. The van der Waals surface area contributed by atoms with Crippen LogP contribution < -0.4 is 5.32 Å². The number of hydrogen-bond acceptors (Lipinski definition) is 2. The third kappa shape index (κ3) is 3.91. The summed E-state index contributed by atoms with van der Waals surface area (Å²) < 4.78 is 51.9. The molecule has 0 spiro atoms. The number of hydrogen-bond donors (Lipinski definition) is 1. The van der Waals surface area contributed by atoms with Crippen molar-refractivity contribution >= 4 is 0 Å². The van der Waals surface area contributed by atoms with E-state index in [1.165, 1.54) is 0 Å². The van der Waals surface area contributed by atoms with Gasteiger partial charge in [-0.3, -0.25) is 4.90 Å². The molecule has 0 unspecified atom stereocenters. The van der Waals surface area contributed by atoms with Crippen LogP contribution in [0.2, 0.25) is 0 Å². The minimum absolute atomic E-state index is 0.278. The predicted molar refractivity (Wildman–Crippen MR) is 64.2 cm³/mol. The second-order valence-electron chi connectivity index (χ2n) is 4.63. The van der Waals surface area contributed by atoms with Gasteiger partial charge in [-0.15, -0.1) is 0 Å². The van der Waals surface area contributed by atoms with Gasteiger partial charge in [-0.1, -0.05) is 0 Å². The van der Waals surface area contributed by atoms with Crippen molar-refractivity contribution in [1.29, 1.82) is 0 Å². The van der Waals surface area contributed by atoms with E-state index in [9.17, 15) is 17.6 Å². The Morgan fingerprint density at radius 3 is 2.16 bits per heavy atom. The molecule has 1 fully saturated rings. The summed E-state index contributed by atoms with van der Waals surface area (Å²) in [6.45, 7) is 2.57. The van der Waals surface area contributed by atoms with Crippen molar-refractivity contribution in [1.82, 2.24) is 10.2 Å². The highest BCUT2D eigenvalue weighted by Crippen LogP contribution is 2.28. The summed E-state index contributed by atoms with van der Waals surface area (Å²) >= 11 is 0. The molecule has 106 valence electrons. The van der Waals surface area contributed by atoms with Crippen molar-refractivity contribution in [2.75, 3.05) is 26.2 Å². The molecule has 0 radical (unpaired) electrons. The van der Waals surface area contributed by atoms with Crippen molar-refractivity contribution in [2.24, 2.45) is 0 Å². The van der Waals surface area contributed by atoms with Crippen molar-refractivity contribution in [3.8, 4) is 0 Å². The van der Waals surface area contributed by atoms with E-state index in [0.29, 0.717) is 26.2 Å². The average Bonchev–Trinajstić information content (AvgIpc) is 2.35. The van der Waals surface area contributed by atoms with E-state index in [1.807, 2.05) is 4.90 Å². The molecule has 1 heterocycles. The van der Waals surface area contributed by atoms with Crippen LogP contribution in [0, 0.1) is 11.6 Å². The maximum absolute atomic E-state index is 13.2. The maximum atomic E-state index is 13.2. The first kappa shape index (κ1) is 14.3. The number of rotatable bonds is 4. The van der Waals surface area contributed by atoms with E-state index in [1.54, 1.807) is 0 Å². The van der Waals surface area contributed by atoms with Gasteiger partial charge >= 0.3 is 0 Å². The molecule has 2 nitrogen and oxygen atoms in total. The minimum atomic E-state index is -2.51. The Balaban J connectivity index is 2.24. The smallest absolute Gasteiger partial charge is 0.240 e. The van der Waals surface area contributed by atoms with Crippen LogP contribution in [0.5, 0.6) is 0 Å². The van der Waals surface area contributed by atoms with Crippen LogP contribution in [0.4, 0.5) is 17.6 Å². The van der Waals surface area contributed by atoms with Gasteiger partial charge in [0.15, 0.2) is 0 Å². The molecule has 1 atom stereocenters. The molecule has 1 aromatic carbocycles. The normalized spacial score (nSPS) is 18.8. The largest absolute Gasteiger partial charge is 0.314 e. The first-order valence-electron chi connectivity index (χ1n) is 6.25. The summed E-state index contributed by atoms with van der Waals surface area (Å²) in [7, 11) is 0. The standard InChI is InChI=1S/C13H16F4N2/c14-10-5-9(6-11(15)7-10)12(8-13(16)17)19-3-1-18-2-4-19/h5-7,12-13,18H,1-4,8H2/t12-/m0/s1. The fourth-order valence-corrected chi connectivity index (χ4v) is 2.43. The van der Waals surface area contributed by atoms with Gasteiger partial charge in [0, 0.05) is 44.7 Å². The SMILES string of the molecule is Fc1cc(F)cc([C@H](CC(F)F)N2CCNCC2)c1. The van der Waals surface area contributed by atoms with Gasteiger partial charge in [0.05, 0.1) is 0 Å². The molecule has 0 bridgehead atoms. The summed E-state index contributed by atoms with van der Waals surface area (Å²) in [5.74, 6) is -1.46. The Kier molecular flexibility index (Phi) is 4.76. The summed E-state index contributed by atoms with van der Waals surface area (Å²) in [5, 5.41) is 3.12. The first-order chi connectivity index (χ1) is 9.06. The molecule has 1 saturated heterocycles. The highest BCUT2D eigenvalue weighted by atomic mass is 19.3. The van der Waals surface area contributed by atoms with Gasteiger partial charge in [0.1, 0.15) is 11.6 Å². The van der Waals surface area contributed by atoms with E-state index in [4.69, 9.17) is 0 Å². The van der Waals surface area contributed by atoms with Crippen molar-refractivity contribution < 1.29 is 17.6 Å². The molecule has 1 aliphatic rings. The van der Waals surface area contributed by atoms with Crippen molar-refractivity contribution in [3.05, 3.63) is 35.4 Å². The number of nitrogens with one attached hydrogen (secondary N) is 1. The van der Waals surface area contributed by atoms with Crippen LogP contribution in [-0.2, 0) is 0 Å². The Labute approximate surface area is 109 Å². The quantitative estimate of drug-likeness (QED) is 0.850. The predicted octanol–water partition coefficient (Wildman–Crippen LogP) is 2.57. The van der Waals surface area contributed by atoms with E-state index >= 15 is 0 Å². The molecule has 0 aliphatic carbocycles. The average molecular weight is 276 g/mol. The molecular weight excluding hydrogens is 260 g/mol. The molecule has 6 heteroatoms. The summed E-state index contributed by atoms with van der Waals surface area (Å²) in [6.07, 6.45) is -2.92. The van der Waals surface area contributed by atoms with Gasteiger partial charge in [-0.25, -0.2) is 17.6 Å². The van der Waals surface area contributed by atoms with E-state index in [0.717, 1.165) is 18.2 Å². The lowest BCUT2D eigenvalue weighted by Gasteiger charge is -2.35. The van der Waals surface area contributed by atoms with E-state index < -0.39 is 30.5 Å². The van der Waals surface area contributed by atoms with Gasteiger partial charge in [0.25, 0.3) is 0 Å². The lowest BCUT2D eigenvalue weighted by atomic mass is 10.0. The topological polar surface area (TPSA) is 15.3 Å². The van der Waals surface area contributed by atoms with E-state index in [-0.39, 0.29) is 5.56 Å². The Morgan fingerprint density at radius 1 is 1.05 bits per heavy atom. The zero-order chi connectivity index (χ0) is 13.8. The number of halogens is 4. The van der Waals surface area contributed by atoms with E-state index in [2.05, 4.69) is 5.32 Å². The monoisotopic (exact) mass is 276 g/mol.